The molecular weight excluding hydrogens is 346 g/mol. The van der Waals surface area contributed by atoms with Gasteiger partial charge in [-0.1, -0.05) is 6.92 Å². The lowest BCUT2D eigenvalue weighted by Crippen LogP contribution is -2.32. The Labute approximate surface area is 159 Å². The van der Waals surface area contributed by atoms with E-state index in [9.17, 15) is 4.79 Å². The van der Waals surface area contributed by atoms with Crippen molar-refractivity contribution in [1.29, 1.82) is 0 Å². The second kappa shape index (κ2) is 8.49. The second-order valence-corrected chi connectivity index (χ2v) is 7.95. The average Bonchev–Trinajstić information content (AvgIpc) is 3.01. The molecule has 7 heteroatoms. The number of thiazole rings is 1. The summed E-state index contributed by atoms with van der Waals surface area (Å²) >= 11 is 1.52. The molecule has 1 unspecified atom stereocenters. The number of hydrogen-bond donors (Lipinski definition) is 1. The summed E-state index contributed by atoms with van der Waals surface area (Å²) in [6, 6.07) is 4.46. The van der Waals surface area contributed by atoms with Crippen molar-refractivity contribution in [2.75, 3.05) is 37.4 Å². The number of pyridine rings is 1. The predicted molar refractivity (Wildman–Crippen MR) is 107 cm³/mol. The molecule has 6 nitrogen and oxygen atoms in total. The number of amides is 1. The lowest BCUT2D eigenvalue weighted by molar-refractivity contribution is 0.0766. The van der Waals surface area contributed by atoms with Gasteiger partial charge >= 0.3 is 0 Å². The minimum atomic E-state index is 0.125. The minimum Gasteiger partial charge on any atom is -0.381 e. The highest BCUT2D eigenvalue weighted by molar-refractivity contribution is 7.13. The van der Waals surface area contributed by atoms with Crippen LogP contribution in [0, 0.1) is 0 Å². The van der Waals surface area contributed by atoms with Crippen LogP contribution in [0.15, 0.2) is 24.5 Å². The fourth-order valence-electron chi connectivity index (χ4n) is 3.14. The van der Waals surface area contributed by atoms with Crippen LogP contribution in [-0.4, -0.2) is 54.0 Å². The number of nitrogens with one attached hydrogen (secondary N) is 1. The SMILES string of the molecule is CCc1ncc(C(=O)N2CCCC(Nc3ccc(N(C)C)nc3)CC2)s1. The molecule has 3 heterocycles. The molecule has 2 aromatic heterocycles. The second-order valence-electron chi connectivity index (χ2n) is 6.84. The first-order valence-corrected chi connectivity index (χ1v) is 10.0. The molecule has 140 valence electrons. The first-order chi connectivity index (χ1) is 12.6. The molecule has 1 fully saturated rings. The monoisotopic (exact) mass is 373 g/mol. The number of carbonyl (C=O) groups is 1. The van der Waals surface area contributed by atoms with Gasteiger partial charge in [-0.2, -0.15) is 0 Å². The van der Waals surface area contributed by atoms with E-state index in [1.807, 2.05) is 36.2 Å². The molecule has 1 atom stereocenters. The van der Waals surface area contributed by atoms with E-state index >= 15 is 0 Å². The number of anilines is 2. The van der Waals surface area contributed by atoms with Crippen LogP contribution < -0.4 is 10.2 Å². The van der Waals surface area contributed by atoms with E-state index in [-0.39, 0.29) is 5.91 Å². The molecule has 0 aromatic carbocycles. The van der Waals surface area contributed by atoms with Crippen LogP contribution in [0.2, 0.25) is 0 Å². The molecule has 0 radical (unpaired) electrons. The Hall–Kier alpha value is -2.15. The maximum absolute atomic E-state index is 12.7. The maximum Gasteiger partial charge on any atom is 0.265 e. The summed E-state index contributed by atoms with van der Waals surface area (Å²) in [5.74, 6) is 1.07. The smallest absolute Gasteiger partial charge is 0.265 e. The third-order valence-electron chi connectivity index (χ3n) is 4.66. The average molecular weight is 374 g/mol. The van der Waals surface area contributed by atoms with Crippen molar-refractivity contribution in [2.45, 2.75) is 38.6 Å². The summed E-state index contributed by atoms with van der Waals surface area (Å²) < 4.78 is 0. The molecule has 1 N–H and O–H groups in total. The molecule has 2 aromatic rings. The van der Waals surface area contributed by atoms with E-state index in [4.69, 9.17) is 0 Å². The first kappa shape index (κ1) is 18.6. The van der Waals surface area contributed by atoms with Crippen molar-refractivity contribution in [3.63, 3.8) is 0 Å². The fraction of sp³-hybridized carbons (Fsp3) is 0.526. The van der Waals surface area contributed by atoms with Crippen LogP contribution in [0.5, 0.6) is 0 Å². The zero-order chi connectivity index (χ0) is 18.5. The predicted octanol–water partition coefficient (Wildman–Crippen LogP) is 3.27. The van der Waals surface area contributed by atoms with E-state index in [1.165, 1.54) is 11.3 Å². The molecule has 1 saturated heterocycles. The maximum atomic E-state index is 12.7. The van der Waals surface area contributed by atoms with Crippen molar-refractivity contribution >= 4 is 28.7 Å². The molecule has 0 bridgehead atoms. The van der Waals surface area contributed by atoms with Gasteiger partial charge in [-0.05, 0) is 37.8 Å². The van der Waals surface area contributed by atoms with Gasteiger partial charge in [0, 0.05) is 33.2 Å². The highest BCUT2D eigenvalue weighted by Crippen LogP contribution is 2.21. The number of nitrogens with zero attached hydrogens (tertiary/aromatic N) is 4. The van der Waals surface area contributed by atoms with E-state index in [0.29, 0.717) is 6.04 Å². The van der Waals surface area contributed by atoms with Gasteiger partial charge in [-0.15, -0.1) is 11.3 Å². The van der Waals surface area contributed by atoms with Gasteiger partial charge in [0.15, 0.2) is 0 Å². The zero-order valence-corrected chi connectivity index (χ0v) is 16.6. The van der Waals surface area contributed by atoms with Gasteiger partial charge in [0.1, 0.15) is 10.7 Å². The fourth-order valence-corrected chi connectivity index (χ4v) is 3.97. The van der Waals surface area contributed by atoms with Gasteiger partial charge in [-0.3, -0.25) is 4.79 Å². The van der Waals surface area contributed by atoms with Gasteiger partial charge in [0.2, 0.25) is 0 Å². The molecule has 3 rings (SSSR count). The van der Waals surface area contributed by atoms with Crippen LogP contribution in [0.25, 0.3) is 0 Å². The van der Waals surface area contributed by atoms with Gasteiger partial charge in [0.25, 0.3) is 5.91 Å². The van der Waals surface area contributed by atoms with Gasteiger partial charge in [-0.25, -0.2) is 9.97 Å². The highest BCUT2D eigenvalue weighted by atomic mass is 32.1. The lowest BCUT2D eigenvalue weighted by Gasteiger charge is -2.20. The minimum absolute atomic E-state index is 0.125. The quantitative estimate of drug-likeness (QED) is 0.871. The van der Waals surface area contributed by atoms with Crippen LogP contribution in [0.3, 0.4) is 0 Å². The molecule has 0 spiro atoms. The van der Waals surface area contributed by atoms with Crippen LogP contribution in [0.4, 0.5) is 11.5 Å². The highest BCUT2D eigenvalue weighted by Gasteiger charge is 2.23. The summed E-state index contributed by atoms with van der Waals surface area (Å²) in [6.07, 6.45) is 7.50. The summed E-state index contributed by atoms with van der Waals surface area (Å²) in [6.45, 7) is 3.66. The van der Waals surface area contributed by atoms with Crippen molar-refractivity contribution in [3.05, 3.63) is 34.4 Å². The van der Waals surface area contributed by atoms with Crippen LogP contribution >= 0.6 is 11.3 Å². The van der Waals surface area contributed by atoms with E-state index < -0.39 is 0 Å². The Balaban J connectivity index is 1.56. The third kappa shape index (κ3) is 4.52. The molecule has 0 saturated carbocycles. The normalized spacial score (nSPS) is 17.7. The van der Waals surface area contributed by atoms with Gasteiger partial charge in [0.05, 0.1) is 23.1 Å². The Morgan fingerprint density at radius 3 is 2.77 bits per heavy atom. The van der Waals surface area contributed by atoms with E-state index in [1.54, 1.807) is 6.20 Å². The number of carbonyl (C=O) groups excluding carboxylic acids is 1. The molecule has 0 aliphatic carbocycles. The Morgan fingerprint density at radius 1 is 1.27 bits per heavy atom. The Kier molecular flexibility index (Phi) is 6.08. The number of likely N-dealkylation sites (tertiary alicyclic amines) is 1. The first-order valence-electron chi connectivity index (χ1n) is 9.20. The van der Waals surface area contributed by atoms with Crippen molar-refractivity contribution in [1.82, 2.24) is 14.9 Å². The molecule has 26 heavy (non-hydrogen) atoms. The van der Waals surface area contributed by atoms with E-state index in [0.717, 1.165) is 60.2 Å². The summed E-state index contributed by atoms with van der Waals surface area (Å²) in [5, 5.41) is 4.60. The topological polar surface area (TPSA) is 61.4 Å². The Morgan fingerprint density at radius 2 is 2.12 bits per heavy atom. The molecule has 1 amide bonds. The standard InChI is InChI=1S/C19H27N5OS/c1-4-18-21-13-16(26-18)19(25)24-10-5-6-14(9-11-24)22-15-7-8-17(20-12-15)23(2)3/h7-8,12-14,22H,4-6,9-11H2,1-3H3. The summed E-state index contributed by atoms with van der Waals surface area (Å²) in [7, 11) is 3.97. The van der Waals surface area contributed by atoms with Crippen LogP contribution in [-0.2, 0) is 6.42 Å². The lowest BCUT2D eigenvalue weighted by atomic mass is 10.1. The number of aromatic nitrogens is 2. The van der Waals surface area contributed by atoms with Gasteiger partial charge < -0.3 is 15.1 Å². The zero-order valence-electron chi connectivity index (χ0n) is 15.7. The number of aryl methyl sites for hydroxylation is 1. The van der Waals surface area contributed by atoms with Crippen LogP contribution in [0.1, 0.15) is 40.9 Å². The Bertz CT molecular complexity index is 728. The van der Waals surface area contributed by atoms with Crippen molar-refractivity contribution in [2.24, 2.45) is 0 Å². The summed E-state index contributed by atoms with van der Waals surface area (Å²) in [5.41, 5.74) is 1.04. The van der Waals surface area contributed by atoms with Crippen molar-refractivity contribution < 1.29 is 4.79 Å². The largest absolute Gasteiger partial charge is 0.381 e. The molecule has 1 aliphatic rings. The molecule has 1 aliphatic heterocycles. The third-order valence-corrected chi connectivity index (χ3v) is 5.79. The van der Waals surface area contributed by atoms with E-state index in [2.05, 4.69) is 28.3 Å². The molecular formula is C19H27N5OS. The number of rotatable bonds is 5. The number of hydrogen-bond acceptors (Lipinski definition) is 6. The van der Waals surface area contributed by atoms with Crippen molar-refractivity contribution in [3.8, 4) is 0 Å². The summed E-state index contributed by atoms with van der Waals surface area (Å²) in [4.78, 5) is 26.2.